The van der Waals surface area contributed by atoms with Crippen LogP contribution in [0.4, 0.5) is 11.4 Å². The monoisotopic (exact) mass is 264 g/mol. The smallest absolute Gasteiger partial charge is 0.289 e. The number of para-hydroxylation sites is 1. The molecule has 1 aromatic rings. The van der Waals surface area contributed by atoms with Crippen LogP contribution in [-0.4, -0.2) is 20.2 Å². The maximum Gasteiger partial charge on any atom is 0.295 e. The molecule has 0 heterocycles. The quantitative estimate of drug-likeness (QED) is 0.513. The number of nitro groups is 1. The minimum Gasteiger partial charge on any atom is -0.289 e. The minimum absolute atomic E-state index is 0.0440. The van der Waals surface area contributed by atoms with Crippen molar-refractivity contribution >= 4 is 34.2 Å². The van der Waals surface area contributed by atoms with Crippen molar-refractivity contribution in [3.63, 3.8) is 0 Å². The Kier molecular flexibility index (Phi) is 4.22. The van der Waals surface area contributed by atoms with Crippen molar-refractivity contribution < 1.29 is 13.7 Å². The summed E-state index contributed by atoms with van der Waals surface area (Å²) in [5, 5.41) is 10.8. The minimum atomic E-state index is -2.35. The predicted molar refractivity (Wildman–Crippen MR) is 61.9 cm³/mol. The van der Waals surface area contributed by atoms with E-state index in [1.165, 1.54) is 18.2 Å². The summed E-state index contributed by atoms with van der Waals surface area (Å²) >= 11 is 3.45. The molecular weight excluding hydrogens is 256 g/mol. The number of hydrogen-bond donors (Lipinski definition) is 1. The van der Waals surface area contributed by atoms with Crippen molar-refractivity contribution in [2.75, 3.05) is 10.8 Å². The summed E-state index contributed by atoms with van der Waals surface area (Å²) in [6.07, 6.45) is 0. The van der Waals surface area contributed by atoms with Gasteiger partial charge < -0.3 is 0 Å². The van der Waals surface area contributed by atoms with E-state index in [9.17, 15) is 14.3 Å². The first-order valence-electron chi connectivity index (χ1n) is 4.30. The van der Waals surface area contributed by atoms with E-state index in [0.717, 1.165) is 4.31 Å². The van der Waals surface area contributed by atoms with Gasteiger partial charge in [0.15, 0.2) is 0 Å². The van der Waals surface area contributed by atoms with Gasteiger partial charge in [0.1, 0.15) is 5.69 Å². The van der Waals surface area contributed by atoms with Gasteiger partial charge >= 0.3 is 0 Å². The summed E-state index contributed by atoms with van der Waals surface area (Å²) in [7, 11) is 0. The summed E-state index contributed by atoms with van der Waals surface area (Å²) < 4.78 is 21.0. The lowest BCUT2D eigenvalue weighted by atomic mass is 10.2. The highest BCUT2D eigenvalue weighted by Gasteiger charge is 2.24. The van der Waals surface area contributed by atoms with E-state index < -0.39 is 16.2 Å². The number of benzene rings is 1. The number of halogens is 1. The van der Waals surface area contributed by atoms with E-state index in [0.29, 0.717) is 0 Å². The van der Waals surface area contributed by atoms with E-state index in [1.807, 2.05) is 0 Å². The van der Waals surface area contributed by atoms with Crippen LogP contribution >= 0.6 is 11.6 Å². The van der Waals surface area contributed by atoms with Crippen LogP contribution in [0.15, 0.2) is 18.2 Å². The number of hydrogen-bond acceptors (Lipinski definition) is 3. The maximum atomic E-state index is 11.0. The van der Waals surface area contributed by atoms with Gasteiger partial charge in [-0.1, -0.05) is 17.7 Å². The molecule has 16 heavy (non-hydrogen) atoms. The molecule has 0 saturated carbocycles. The van der Waals surface area contributed by atoms with Gasteiger partial charge in [0.05, 0.1) is 9.95 Å². The fourth-order valence-electron chi connectivity index (χ4n) is 1.24. The zero-order chi connectivity index (χ0) is 12.3. The zero-order valence-corrected chi connectivity index (χ0v) is 9.86. The largest absolute Gasteiger partial charge is 0.295 e. The van der Waals surface area contributed by atoms with E-state index in [4.69, 9.17) is 16.2 Å². The maximum absolute atomic E-state index is 11.0. The van der Waals surface area contributed by atoms with E-state index in [-0.39, 0.29) is 22.9 Å². The van der Waals surface area contributed by atoms with Gasteiger partial charge in [-0.05, 0) is 13.0 Å². The Balaban J connectivity index is 3.39. The van der Waals surface area contributed by atoms with Crippen molar-refractivity contribution in [3.05, 3.63) is 33.3 Å². The second kappa shape index (κ2) is 5.24. The van der Waals surface area contributed by atoms with Gasteiger partial charge in [0.25, 0.3) is 17.0 Å². The van der Waals surface area contributed by atoms with E-state index in [2.05, 4.69) is 0 Å². The average molecular weight is 265 g/mol. The highest BCUT2D eigenvalue weighted by molar-refractivity contribution is 7.80. The highest BCUT2D eigenvalue weighted by atomic mass is 35.5. The zero-order valence-electron chi connectivity index (χ0n) is 8.29. The lowest BCUT2D eigenvalue weighted by Crippen LogP contribution is -2.25. The SMILES string of the molecule is CCN(c1c(Cl)cccc1[N+](=O)[O-])S(=O)O. The molecule has 88 valence electrons. The summed E-state index contributed by atoms with van der Waals surface area (Å²) in [4.78, 5) is 10.1. The molecule has 0 spiro atoms. The molecule has 8 heteroatoms. The Morgan fingerprint density at radius 2 is 2.25 bits per heavy atom. The van der Waals surface area contributed by atoms with Crippen LogP contribution in [0.2, 0.25) is 5.02 Å². The number of nitro benzene ring substituents is 1. The van der Waals surface area contributed by atoms with Gasteiger partial charge in [-0.15, -0.1) is 0 Å². The van der Waals surface area contributed by atoms with Crippen LogP contribution in [0.3, 0.4) is 0 Å². The highest BCUT2D eigenvalue weighted by Crippen LogP contribution is 2.35. The standard InChI is InChI=1S/C8H9ClN2O4S/c1-2-10(16(14)15)8-6(9)4-3-5-7(8)11(12)13/h3-5H,2H2,1H3,(H,14,15). The summed E-state index contributed by atoms with van der Waals surface area (Å²) in [5.74, 6) is 0. The van der Waals surface area contributed by atoms with Gasteiger partial charge in [0, 0.05) is 12.6 Å². The normalized spacial score (nSPS) is 12.2. The molecule has 0 aliphatic heterocycles. The topological polar surface area (TPSA) is 83.7 Å². The number of nitrogens with zero attached hydrogens (tertiary/aromatic N) is 2. The first-order chi connectivity index (χ1) is 7.49. The molecule has 0 bridgehead atoms. The first-order valence-corrected chi connectivity index (χ1v) is 5.74. The summed E-state index contributed by atoms with van der Waals surface area (Å²) in [6, 6.07) is 4.08. The summed E-state index contributed by atoms with van der Waals surface area (Å²) in [6.45, 7) is 1.73. The molecule has 0 radical (unpaired) electrons. The molecule has 0 aliphatic rings. The molecular formula is C8H9ClN2O4S. The molecule has 0 aliphatic carbocycles. The van der Waals surface area contributed by atoms with Crippen molar-refractivity contribution in [3.8, 4) is 0 Å². The second-order valence-electron chi connectivity index (χ2n) is 2.79. The third-order valence-corrected chi connectivity index (χ3v) is 3.01. The fraction of sp³-hybridized carbons (Fsp3) is 0.250. The van der Waals surface area contributed by atoms with Crippen LogP contribution in [0.25, 0.3) is 0 Å². The molecule has 0 aromatic heterocycles. The van der Waals surface area contributed by atoms with Crippen LogP contribution in [-0.2, 0) is 11.3 Å². The average Bonchev–Trinajstić information content (AvgIpc) is 2.20. The van der Waals surface area contributed by atoms with E-state index >= 15 is 0 Å². The van der Waals surface area contributed by atoms with Gasteiger partial charge in [-0.25, -0.2) is 4.21 Å². The molecule has 0 saturated heterocycles. The lowest BCUT2D eigenvalue weighted by Gasteiger charge is -2.18. The second-order valence-corrected chi connectivity index (χ2v) is 4.10. The Morgan fingerprint density at radius 3 is 2.69 bits per heavy atom. The Hall–Kier alpha value is -1.18. The number of rotatable bonds is 4. The first kappa shape index (κ1) is 12.9. The summed E-state index contributed by atoms with van der Waals surface area (Å²) in [5.41, 5.74) is -0.339. The lowest BCUT2D eigenvalue weighted by molar-refractivity contribution is -0.384. The predicted octanol–water partition coefficient (Wildman–Crippen LogP) is 2.21. The van der Waals surface area contributed by atoms with Crippen molar-refractivity contribution in [1.29, 1.82) is 0 Å². The van der Waals surface area contributed by atoms with Crippen LogP contribution in [0, 0.1) is 10.1 Å². The third-order valence-electron chi connectivity index (χ3n) is 1.89. The van der Waals surface area contributed by atoms with Gasteiger partial charge in [-0.2, -0.15) is 0 Å². The Morgan fingerprint density at radius 1 is 1.62 bits per heavy atom. The fourth-order valence-corrected chi connectivity index (χ4v) is 2.14. The van der Waals surface area contributed by atoms with Crippen LogP contribution in [0.1, 0.15) is 6.92 Å². The number of anilines is 1. The van der Waals surface area contributed by atoms with Crippen molar-refractivity contribution in [2.24, 2.45) is 0 Å². The van der Waals surface area contributed by atoms with Gasteiger partial charge in [0.2, 0.25) is 0 Å². The van der Waals surface area contributed by atoms with E-state index in [1.54, 1.807) is 6.92 Å². The van der Waals surface area contributed by atoms with Crippen molar-refractivity contribution in [2.45, 2.75) is 6.92 Å². The molecule has 1 atom stereocenters. The van der Waals surface area contributed by atoms with Crippen LogP contribution in [0.5, 0.6) is 0 Å². The molecule has 1 aromatic carbocycles. The molecule has 0 amide bonds. The third kappa shape index (κ3) is 2.49. The molecule has 0 fully saturated rings. The van der Waals surface area contributed by atoms with Gasteiger partial charge in [-0.3, -0.25) is 19.0 Å². The Labute approximate surface area is 99.4 Å². The Bertz CT molecular complexity index is 440. The molecule has 1 rings (SSSR count). The van der Waals surface area contributed by atoms with Crippen molar-refractivity contribution in [1.82, 2.24) is 0 Å². The molecule has 1 N–H and O–H groups in total. The van der Waals surface area contributed by atoms with Crippen LogP contribution < -0.4 is 4.31 Å². The molecule has 1 unspecified atom stereocenters. The molecule has 6 nitrogen and oxygen atoms in total.